The minimum absolute atomic E-state index is 0.393. The van der Waals surface area contributed by atoms with Crippen molar-refractivity contribution < 1.29 is 0 Å². The number of rotatable bonds is 4. The highest BCUT2D eigenvalue weighted by Crippen LogP contribution is 2.53. The second kappa shape index (κ2) is 5.91. The van der Waals surface area contributed by atoms with Gasteiger partial charge < -0.3 is 0 Å². The van der Waals surface area contributed by atoms with Crippen molar-refractivity contribution >= 4 is 0 Å². The van der Waals surface area contributed by atoms with Crippen molar-refractivity contribution in [2.24, 2.45) is 12.5 Å². The summed E-state index contributed by atoms with van der Waals surface area (Å²) in [4.78, 5) is 7.59. The molecule has 1 aliphatic heterocycles. The molecule has 3 aliphatic rings. The van der Waals surface area contributed by atoms with E-state index < -0.39 is 0 Å². The van der Waals surface area contributed by atoms with Gasteiger partial charge in [0.15, 0.2) is 5.82 Å². The summed E-state index contributed by atoms with van der Waals surface area (Å²) in [5.41, 5.74) is 4.26. The van der Waals surface area contributed by atoms with E-state index in [0.29, 0.717) is 17.3 Å². The third-order valence-corrected chi connectivity index (χ3v) is 7.15. The van der Waals surface area contributed by atoms with Gasteiger partial charge in [-0.2, -0.15) is 10.2 Å². The zero-order valence-electron chi connectivity index (χ0n) is 16.3. The van der Waals surface area contributed by atoms with E-state index in [2.05, 4.69) is 34.0 Å². The van der Waals surface area contributed by atoms with Gasteiger partial charge in [0.1, 0.15) is 5.82 Å². The van der Waals surface area contributed by atoms with E-state index in [1.807, 2.05) is 11.7 Å². The summed E-state index contributed by atoms with van der Waals surface area (Å²) in [6, 6.07) is 0. The van der Waals surface area contributed by atoms with Crippen LogP contribution in [0, 0.1) is 19.3 Å². The highest BCUT2D eigenvalue weighted by Gasteiger charge is 2.50. The Morgan fingerprint density at radius 3 is 2.62 bits per heavy atom. The van der Waals surface area contributed by atoms with Crippen LogP contribution in [0.2, 0.25) is 0 Å². The van der Waals surface area contributed by atoms with Crippen LogP contribution in [0.1, 0.15) is 79.0 Å². The molecular formula is C20H30N6. The topological polar surface area (TPSA) is 62.6 Å². The highest BCUT2D eigenvalue weighted by atomic mass is 15.3. The Morgan fingerprint density at radius 2 is 1.96 bits per heavy atom. The Balaban J connectivity index is 1.41. The molecule has 1 N–H and O–H groups in total. The molecule has 1 saturated heterocycles. The van der Waals surface area contributed by atoms with E-state index in [9.17, 15) is 0 Å². The number of nitrogens with one attached hydrogen (secondary N) is 1. The number of hydrogen-bond donors (Lipinski definition) is 1. The van der Waals surface area contributed by atoms with Crippen LogP contribution in [-0.2, 0) is 13.6 Å². The van der Waals surface area contributed by atoms with Crippen LogP contribution < -0.4 is 0 Å². The first kappa shape index (κ1) is 16.5. The first-order valence-corrected chi connectivity index (χ1v) is 10.2. The third-order valence-electron chi connectivity index (χ3n) is 7.15. The molecule has 3 fully saturated rings. The molecule has 26 heavy (non-hydrogen) atoms. The molecule has 0 amide bonds. The van der Waals surface area contributed by atoms with Gasteiger partial charge in [0.05, 0.1) is 5.69 Å². The maximum absolute atomic E-state index is 4.94. The van der Waals surface area contributed by atoms with Crippen LogP contribution in [0.25, 0.3) is 0 Å². The zero-order chi connectivity index (χ0) is 17.9. The van der Waals surface area contributed by atoms with Crippen molar-refractivity contribution in [3.05, 3.63) is 28.6 Å². The van der Waals surface area contributed by atoms with Crippen molar-refractivity contribution in [3.63, 3.8) is 0 Å². The first-order chi connectivity index (χ1) is 12.6. The molecule has 2 aromatic heterocycles. The number of nitrogens with zero attached hydrogens (tertiary/aromatic N) is 5. The molecule has 1 atom stereocenters. The summed E-state index contributed by atoms with van der Waals surface area (Å²) in [6.07, 6.45) is 7.91. The smallest absolute Gasteiger partial charge is 0.153 e. The largest absolute Gasteiger partial charge is 0.298 e. The third kappa shape index (κ3) is 2.61. The van der Waals surface area contributed by atoms with Crippen LogP contribution >= 0.6 is 0 Å². The Bertz CT molecular complexity index is 808. The fraction of sp³-hybridized carbons (Fsp3) is 0.750. The molecule has 0 bridgehead atoms. The second-order valence-corrected chi connectivity index (χ2v) is 8.92. The van der Waals surface area contributed by atoms with Gasteiger partial charge in [-0.05, 0) is 44.9 Å². The average molecular weight is 355 g/mol. The van der Waals surface area contributed by atoms with Gasteiger partial charge in [-0.15, -0.1) is 0 Å². The van der Waals surface area contributed by atoms with Crippen molar-refractivity contribution in [2.45, 2.75) is 70.8 Å². The predicted octanol–water partition coefficient (Wildman–Crippen LogP) is 3.19. The fourth-order valence-electron chi connectivity index (χ4n) is 5.39. The Kier molecular flexibility index (Phi) is 3.75. The molecular weight excluding hydrogens is 324 g/mol. The van der Waals surface area contributed by atoms with Crippen molar-refractivity contribution in [1.82, 2.24) is 29.9 Å². The summed E-state index contributed by atoms with van der Waals surface area (Å²) < 4.78 is 2.02. The second-order valence-electron chi connectivity index (χ2n) is 8.92. The standard InChI is InChI=1S/C20H30N6/c1-13-16(14(2)25(3)24-13)10-26-11-17(20(12-26)8-4-5-9-20)19-21-18(22-23-19)15-6-7-15/h15,17H,4-12H2,1-3H3,(H,21,22,23). The molecule has 3 heterocycles. The predicted molar refractivity (Wildman–Crippen MR) is 100.0 cm³/mol. The van der Waals surface area contributed by atoms with E-state index in [1.165, 1.54) is 62.0 Å². The van der Waals surface area contributed by atoms with E-state index in [4.69, 9.17) is 4.98 Å². The van der Waals surface area contributed by atoms with Crippen molar-refractivity contribution in [1.29, 1.82) is 0 Å². The van der Waals surface area contributed by atoms with E-state index in [0.717, 1.165) is 24.7 Å². The number of aryl methyl sites for hydroxylation is 2. The van der Waals surface area contributed by atoms with Crippen LogP contribution in [-0.4, -0.2) is 43.0 Å². The molecule has 2 aliphatic carbocycles. The molecule has 0 aromatic carbocycles. The van der Waals surface area contributed by atoms with Gasteiger partial charge in [0.2, 0.25) is 0 Å². The van der Waals surface area contributed by atoms with Gasteiger partial charge in [0.25, 0.3) is 0 Å². The lowest BCUT2D eigenvalue weighted by molar-refractivity contribution is 0.244. The Labute approximate surface area is 155 Å². The highest BCUT2D eigenvalue weighted by molar-refractivity contribution is 5.25. The summed E-state index contributed by atoms with van der Waals surface area (Å²) in [5, 5.41) is 12.5. The minimum atomic E-state index is 0.393. The zero-order valence-corrected chi connectivity index (χ0v) is 16.3. The summed E-state index contributed by atoms with van der Waals surface area (Å²) in [5.74, 6) is 3.33. The molecule has 6 nitrogen and oxygen atoms in total. The Hall–Kier alpha value is -1.69. The van der Waals surface area contributed by atoms with Crippen LogP contribution in [0.3, 0.4) is 0 Å². The monoisotopic (exact) mass is 354 g/mol. The number of aromatic amines is 1. The molecule has 1 spiro atoms. The molecule has 0 radical (unpaired) electrons. The van der Waals surface area contributed by atoms with Gasteiger partial charge in [-0.1, -0.05) is 12.8 Å². The van der Waals surface area contributed by atoms with Gasteiger partial charge in [-0.25, -0.2) is 4.98 Å². The molecule has 2 saturated carbocycles. The summed E-state index contributed by atoms with van der Waals surface area (Å²) in [6.45, 7) is 7.61. The molecule has 2 aromatic rings. The van der Waals surface area contributed by atoms with E-state index in [-0.39, 0.29) is 0 Å². The lowest BCUT2D eigenvalue weighted by Gasteiger charge is -2.28. The summed E-state index contributed by atoms with van der Waals surface area (Å²) in [7, 11) is 2.05. The van der Waals surface area contributed by atoms with Gasteiger partial charge in [0, 0.05) is 49.8 Å². The number of likely N-dealkylation sites (tertiary alicyclic amines) is 1. The molecule has 1 unspecified atom stereocenters. The maximum Gasteiger partial charge on any atom is 0.153 e. The van der Waals surface area contributed by atoms with Crippen molar-refractivity contribution in [2.75, 3.05) is 13.1 Å². The van der Waals surface area contributed by atoms with Gasteiger partial charge >= 0.3 is 0 Å². The lowest BCUT2D eigenvalue weighted by atomic mass is 9.76. The average Bonchev–Trinajstić information content (AvgIpc) is 2.97. The number of H-pyrrole nitrogens is 1. The van der Waals surface area contributed by atoms with E-state index >= 15 is 0 Å². The number of aromatic nitrogens is 5. The van der Waals surface area contributed by atoms with Crippen LogP contribution in [0.15, 0.2) is 0 Å². The Morgan fingerprint density at radius 1 is 1.19 bits per heavy atom. The maximum atomic E-state index is 4.94. The van der Waals surface area contributed by atoms with Crippen LogP contribution in [0.5, 0.6) is 0 Å². The lowest BCUT2D eigenvalue weighted by Crippen LogP contribution is -2.27. The van der Waals surface area contributed by atoms with Crippen molar-refractivity contribution in [3.8, 4) is 0 Å². The quantitative estimate of drug-likeness (QED) is 0.916. The number of hydrogen-bond acceptors (Lipinski definition) is 4. The van der Waals surface area contributed by atoms with Crippen LogP contribution in [0.4, 0.5) is 0 Å². The SMILES string of the molecule is Cc1nn(C)c(C)c1CN1CC(c2nc(C3CC3)n[nH]2)C2(CCCC2)C1. The van der Waals surface area contributed by atoms with Gasteiger partial charge in [-0.3, -0.25) is 14.7 Å². The molecule has 5 rings (SSSR count). The summed E-state index contributed by atoms with van der Waals surface area (Å²) >= 11 is 0. The molecule has 140 valence electrons. The first-order valence-electron chi connectivity index (χ1n) is 10.2. The fourth-order valence-corrected chi connectivity index (χ4v) is 5.39. The molecule has 6 heteroatoms. The van der Waals surface area contributed by atoms with E-state index in [1.54, 1.807) is 0 Å². The minimum Gasteiger partial charge on any atom is -0.298 e. The normalized spacial score (nSPS) is 25.6.